The molecule has 2 aromatic rings. The summed E-state index contributed by atoms with van der Waals surface area (Å²) in [6, 6.07) is 13.0. The Morgan fingerprint density at radius 3 is 3.06 bits per heavy atom. The second-order valence-electron chi connectivity index (χ2n) is 4.84. The number of hydrogen-bond acceptors (Lipinski definition) is 2. The molecular formula is C15H13NO. The zero-order valence-electron chi connectivity index (χ0n) is 9.47. The molecule has 2 aliphatic rings. The van der Waals surface area contributed by atoms with Crippen LogP contribution >= 0.6 is 0 Å². The Morgan fingerprint density at radius 1 is 1.12 bits per heavy atom. The van der Waals surface area contributed by atoms with Gasteiger partial charge in [0.15, 0.2) is 6.10 Å². The topological polar surface area (TPSA) is 21.6 Å². The Labute approximate surface area is 99.9 Å². The lowest BCUT2D eigenvalue weighted by molar-refractivity contribution is 0.0544. The van der Waals surface area contributed by atoms with Crippen LogP contribution in [0.2, 0.25) is 0 Å². The molecule has 1 aliphatic heterocycles. The van der Waals surface area contributed by atoms with Crippen LogP contribution in [0.15, 0.2) is 41.6 Å². The highest BCUT2D eigenvalue weighted by Gasteiger charge is 2.34. The van der Waals surface area contributed by atoms with Crippen molar-refractivity contribution in [1.29, 1.82) is 0 Å². The number of fused-ring (bicyclic) bond motifs is 5. The average molecular weight is 223 g/mol. The molecule has 2 aromatic carbocycles. The van der Waals surface area contributed by atoms with Crippen molar-refractivity contribution in [3.8, 4) is 0 Å². The van der Waals surface area contributed by atoms with Crippen LogP contribution in [0.1, 0.15) is 23.7 Å². The largest absolute Gasteiger partial charge is 0.387 e. The molecule has 0 radical (unpaired) electrons. The fourth-order valence-corrected chi connectivity index (χ4v) is 3.06. The van der Waals surface area contributed by atoms with Crippen molar-refractivity contribution in [2.75, 3.05) is 0 Å². The summed E-state index contributed by atoms with van der Waals surface area (Å²) in [7, 11) is 0. The van der Waals surface area contributed by atoms with Crippen LogP contribution in [0, 0.1) is 5.92 Å². The molecule has 0 saturated heterocycles. The van der Waals surface area contributed by atoms with Gasteiger partial charge < -0.3 is 4.84 Å². The van der Waals surface area contributed by atoms with E-state index < -0.39 is 0 Å². The first-order chi connectivity index (χ1) is 8.43. The van der Waals surface area contributed by atoms with Gasteiger partial charge in [0, 0.05) is 5.92 Å². The van der Waals surface area contributed by atoms with E-state index in [2.05, 4.69) is 41.6 Å². The van der Waals surface area contributed by atoms with Crippen LogP contribution in [0.25, 0.3) is 10.8 Å². The van der Waals surface area contributed by atoms with E-state index in [9.17, 15) is 0 Å². The summed E-state index contributed by atoms with van der Waals surface area (Å²) in [5.41, 5.74) is 2.78. The molecule has 2 unspecified atom stereocenters. The molecule has 0 N–H and O–H groups in total. The van der Waals surface area contributed by atoms with Crippen LogP contribution in [0.5, 0.6) is 0 Å². The second-order valence-corrected chi connectivity index (χ2v) is 4.84. The molecule has 17 heavy (non-hydrogen) atoms. The molecule has 0 saturated carbocycles. The zero-order chi connectivity index (χ0) is 11.2. The van der Waals surface area contributed by atoms with Gasteiger partial charge in [-0.15, -0.1) is 0 Å². The van der Waals surface area contributed by atoms with Crippen molar-refractivity contribution < 1.29 is 4.84 Å². The standard InChI is InChI=1S/C15H13NO/c1-2-4-12-10(3-1)5-8-14-13(12)7-6-11-9-16-17-15(11)14/h1-5,8-9,11,15H,6-7H2. The summed E-state index contributed by atoms with van der Waals surface area (Å²) < 4.78 is 0. The minimum atomic E-state index is 0.156. The number of aryl methyl sites for hydroxylation is 1. The Bertz CT molecular complexity index is 617. The molecule has 2 heteroatoms. The molecule has 4 rings (SSSR count). The Hall–Kier alpha value is -1.83. The number of hydrogen-bond donors (Lipinski definition) is 0. The molecule has 1 heterocycles. The zero-order valence-corrected chi connectivity index (χ0v) is 9.47. The van der Waals surface area contributed by atoms with E-state index in [4.69, 9.17) is 4.84 Å². The summed E-state index contributed by atoms with van der Waals surface area (Å²) in [6.45, 7) is 0. The molecule has 0 aromatic heterocycles. The third-order valence-corrected chi connectivity index (χ3v) is 3.93. The van der Waals surface area contributed by atoms with Gasteiger partial charge in [0.25, 0.3) is 0 Å². The number of rotatable bonds is 0. The smallest absolute Gasteiger partial charge is 0.160 e. The Morgan fingerprint density at radius 2 is 2.06 bits per heavy atom. The molecule has 2 nitrogen and oxygen atoms in total. The van der Waals surface area contributed by atoms with E-state index in [0.29, 0.717) is 5.92 Å². The SMILES string of the molecule is C1=NOC2c3ccc4ccccc4c3CCC12. The highest BCUT2D eigenvalue weighted by molar-refractivity contribution is 5.87. The molecule has 2 atom stereocenters. The summed E-state index contributed by atoms with van der Waals surface area (Å²) in [5, 5.41) is 6.68. The lowest BCUT2D eigenvalue weighted by atomic mass is 9.80. The van der Waals surface area contributed by atoms with Crippen molar-refractivity contribution >= 4 is 17.0 Å². The maximum absolute atomic E-state index is 5.50. The van der Waals surface area contributed by atoms with Crippen LogP contribution in [0.4, 0.5) is 0 Å². The highest BCUT2D eigenvalue weighted by Crippen LogP contribution is 2.41. The van der Waals surface area contributed by atoms with Crippen molar-refractivity contribution in [3.63, 3.8) is 0 Å². The first kappa shape index (κ1) is 9.23. The summed E-state index contributed by atoms with van der Waals surface area (Å²) in [5.74, 6) is 0.476. The average Bonchev–Trinajstić information content (AvgIpc) is 2.86. The van der Waals surface area contributed by atoms with Gasteiger partial charge in [0.05, 0.1) is 6.21 Å². The predicted octanol–water partition coefficient (Wildman–Crippen LogP) is 3.46. The summed E-state index contributed by atoms with van der Waals surface area (Å²) in [6.07, 6.45) is 4.40. The van der Waals surface area contributed by atoms with Crippen LogP contribution < -0.4 is 0 Å². The number of benzene rings is 2. The van der Waals surface area contributed by atoms with E-state index in [1.807, 2.05) is 6.21 Å². The molecule has 0 spiro atoms. The fraction of sp³-hybridized carbons (Fsp3) is 0.267. The lowest BCUT2D eigenvalue weighted by Crippen LogP contribution is -2.19. The highest BCUT2D eigenvalue weighted by atomic mass is 16.6. The van der Waals surface area contributed by atoms with E-state index in [1.165, 1.54) is 21.9 Å². The Balaban J connectivity index is 1.97. The van der Waals surface area contributed by atoms with Crippen LogP contribution in [-0.4, -0.2) is 6.21 Å². The normalized spacial score (nSPS) is 25.4. The third kappa shape index (κ3) is 1.24. The van der Waals surface area contributed by atoms with Crippen molar-refractivity contribution in [2.45, 2.75) is 18.9 Å². The van der Waals surface area contributed by atoms with Gasteiger partial charge in [-0.3, -0.25) is 0 Å². The molecular weight excluding hydrogens is 210 g/mol. The van der Waals surface area contributed by atoms with Gasteiger partial charge in [-0.1, -0.05) is 41.6 Å². The summed E-state index contributed by atoms with van der Waals surface area (Å²) in [4.78, 5) is 5.50. The second kappa shape index (κ2) is 3.33. The van der Waals surface area contributed by atoms with Crippen molar-refractivity contribution in [3.05, 3.63) is 47.5 Å². The minimum Gasteiger partial charge on any atom is -0.387 e. The van der Waals surface area contributed by atoms with E-state index in [0.717, 1.165) is 12.8 Å². The van der Waals surface area contributed by atoms with Gasteiger partial charge in [0.1, 0.15) is 0 Å². The van der Waals surface area contributed by atoms with E-state index in [1.54, 1.807) is 0 Å². The van der Waals surface area contributed by atoms with E-state index >= 15 is 0 Å². The van der Waals surface area contributed by atoms with Gasteiger partial charge >= 0.3 is 0 Å². The van der Waals surface area contributed by atoms with Gasteiger partial charge in [-0.05, 0) is 34.7 Å². The van der Waals surface area contributed by atoms with Crippen LogP contribution in [-0.2, 0) is 11.3 Å². The predicted molar refractivity (Wildman–Crippen MR) is 68.1 cm³/mol. The van der Waals surface area contributed by atoms with Crippen molar-refractivity contribution in [2.24, 2.45) is 11.1 Å². The first-order valence-electron chi connectivity index (χ1n) is 6.13. The molecule has 0 fully saturated rings. The van der Waals surface area contributed by atoms with E-state index in [-0.39, 0.29) is 6.10 Å². The molecule has 1 aliphatic carbocycles. The fourth-order valence-electron chi connectivity index (χ4n) is 3.06. The van der Waals surface area contributed by atoms with Crippen LogP contribution in [0.3, 0.4) is 0 Å². The quantitative estimate of drug-likeness (QED) is 0.670. The molecule has 0 bridgehead atoms. The minimum absolute atomic E-state index is 0.156. The van der Waals surface area contributed by atoms with Crippen molar-refractivity contribution in [1.82, 2.24) is 0 Å². The molecule has 84 valence electrons. The number of nitrogens with zero attached hydrogens (tertiary/aromatic N) is 1. The van der Waals surface area contributed by atoms with Gasteiger partial charge in [-0.25, -0.2) is 0 Å². The van der Waals surface area contributed by atoms with Gasteiger partial charge in [0.2, 0.25) is 0 Å². The first-order valence-corrected chi connectivity index (χ1v) is 6.13. The summed E-state index contributed by atoms with van der Waals surface area (Å²) >= 11 is 0. The lowest BCUT2D eigenvalue weighted by Gasteiger charge is -2.26. The maximum atomic E-state index is 5.50. The Kier molecular flexibility index (Phi) is 1.81. The maximum Gasteiger partial charge on any atom is 0.160 e. The third-order valence-electron chi connectivity index (χ3n) is 3.93. The number of oxime groups is 1. The van der Waals surface area contributed by atoms with Gasteiger partial charge in [-0.2, -0.15) is 0 Å². The monoisotopic (exact) mass is 223 g/mol. The molecule has 0 amide bonds.